The molecule has 62 valence electrons. The maximum Gasteiger partial charge on any atom is 0.116 e. The van der Waals surface area contributed by atoms with Gasteiger partial charge in [-0.2, -0.15) is 0 Å². The van der Waals surface area contributed by atoms with Crippen molar-refractivity contribution in [3.05, 3.63) is 11.0 Å². The van der Waals surface area contributed by atoms with Gasteiger partial charge in [-0.1, -0.05) is 13.0 Å². The highest BCUT2D eigenvalue weighted by Gasteiger charge is 2.16. The van der Waals surface area contributed by atoms with Gasteiger partial charge in [0.25, 0.3) is 0 Å². The molecule has 4 heteroatoms. The van der Waals surface area contributed by atoms with Gasteiger partial charge in [-0.25, -0.2) is 3.21 Å². The minimum absolute atomic E-state index is 0.741. The van der Waals surface area contributed by atoms with Gasteiger partial charge >= 0.3 is 0 Å². The Labute approximate surface area is 90.0 Å². The van der Waals surface area contributed by atoms with Crippen molar-refractivity contribution in [2.24, 2.45) is 3.21 Å². The minimum Gasteiger partial charge on any atom is -0.207 e. The molecular weight excluding hydrogens is 289 g/mol. The van der Waals surface area contributed by atoms with Crippen LogP contribution in [-0.4, -0.2) is 16.5 Å². The van der Waals surface area contributed by atoms with Gasteiger partial charge in [0.1, 0.15) is 5.04 Å². The smallest absolute Gasteiger partial charge is 0.116 e. The van der Waals surface area contributed by atoms with Gasteiger partial charge in [-0.15, -0.1) is 23.5 Å². The number of nitrogens with zero attached hydrogens (tertiary/aromatic N) is 1. The van der Waals surface area contributed by atoms with Gasteiger partial charge < -0.3 is 0 Å². The summed E-state index contributed by atoms with van der Waals surface area (Å²) in [6.45, 7) is 2.25. The summed E-state index contributed by atoms with van der Waals surface area (Å²) in [6, 6.07) is 0. The summed E-state index contributed by atoms with van der Waals surface area (Å²) in [7, 11) is 0. The lowest BCUT2D eigenvalue weighted by atomic mass is 10.3. The standard InChI is InChI=1S/C7H10INS2/c1-5-3-4-6(11-5)7(9-8)10-2/h4-5H,3H2,1-2H3/b9-7-. The van der Waals surface area contributed by atoms with E-state index in [-0.39, 0.29) is 0 Å². The van der Waals surface area contributed by atoms with Crippen LogP contribution in [-0.2, 0) is 0 Å². The molecule has 0 amide bonds. The van der Waals surface area contributed by atoms with Crippen molar-refractivity contribution in [1.82, 2.24) is 0 Å². The third-order valence-electron chi connectivity index (χ3n) is 1.44. The first-order chi connectivity index (χ1) is 5.27. The van der Waals surface area contributed by atoms with E-state index >= 15 is 0 Å². The Hall–Kier alpha value is 0.840. The summed E-state index contributed by atoms with van der Waals surface area (Å²) in [5, 5.41) is 1.91. The molecule has 0 aromatic carbocycles. The van der Waals surface area contributed by atoms with Crippen LogP contribution in [0.1, 0.15) is 13.3 Å². The van der Waals surface area contributed by atoms with Gasteiger partial charge in [-0.05, 0) is 12.7 Å². The lowest BCUT2D eigenvalue weighted by Crippen LogP contribution is -1.91. The van der Waals surface area contributed by atoms with E-state index in [1.807, 2.05) is 11.8 Å². The van der Waals surface area contributed by atoms with Crippen LogP contribution in [0.25, 0.3) is 0 Å². The predicted molar refractivity (Wildman–Crippen MR) is 64.7 cm³/mol. The molecule has 1 heterocycles. The van der Waals surface area contributed by atoms with Gasteiger partial charge in [0.05, 0.1) is 22.9 Å². The molecule has 0 bridgehead atoms. The van der Waals surface area contributed by atoms with Crippen LogP contribution in [0.4, 0.5) is 0 Å². The van der Waals surface area contributed by atoms with E-state index in [0.29, 0.717) is 0 Å². The molecule has 11 heavy (non-hydrogen) atoms. The zero-order valence-electron chi connectivity index (χ0n) is 6.50. The summed E-state index contributed by atoms with van der Waals surface area (Å²) in [5.41, 5.74) is 0. The molecule has 1 aliphatic rings. The molecule has 0 spiro atoms. The van der Waals surface area contributed by atoms with Gasteiger partial charge in [0.2, 0.25) is 0 Å². The first-order valence-electron chi connectivity index (χ1n) is 3.38. The van der Waals surface area contributed by atoms with Crippen LogP contribution in [0.2, 0.25) is 0 Å². The molecule has 0 aliphatic carbocycles. The second-order valence-corrected chi connectivity index (χ2v) is 5.08. The third-order valence-corrected chi connectivity index (χ3v) is 4.29. The molecule has 1 aliphatic heterocycles. The number of rotatable bonds is 1. The second-order valence-electron chi connectivity index (χ2n) is 2.33. The molecule has 1 rings (SSSR count). The van der Waals surface area contributed by atoms with Crippen LogP contribution in [0.15, 0.2) is 14.2 Å². The summed E-state index contributed by atoms with van der Waals surface area (Å²) in [6.07, 6.45) is 5.54. The number of hydrogen-bond donors (Lipinski definition) is 0. The number of halogens is 1. The topological polar surface area (TPSA) is 12.4 Å². The maximum atomic E-state index is 4.18. The first kappa shape index (κ1) is 9.92. The van der Waals surface area contributed by atoms with Crippen molar-refractivity contribution in [1.29, 1.82) is 0 Å². The lowest BCUT2D eigenvalue weighted by molar-refractivity contribution is 1.00. The summed E-state index contributed by atoms with van der Waals surface area (Å²) in [4.78, 5) is 1.36. The summed E-state index contributed by atoms with van der Waals surface area (Å²) < 4.78 is 4.18. The van der Waals surface area contributed by atoms with E-state index in [9.17, 15) is 0 Å². The Kier molecular flexibility index (Phi) is 4.30. The van der Waals surface area contributed by atoms with Crippen LogP contribution in [0.5, 0.6) is 0 Å². The van der Waals surface area contributed by atoms with Crippen LogP contribution < -0.4 is 0 Å². The van der Waals surface area contributed by atoms with E-state index < -0.39 is 0 Å². The highest BCUT2D eigenvalue weighted by molar-refractivity contribution is 14.1. The van der Waals surface area contributed by atoms with Crippen LogP contribution >= 0.6 is 46.4 Å². The monoisotopic (exact) mass is 299 g/mol. The zero-order chi connectivity index (χ0) is 8.27. The predicted octanol–water partition coefficient (Wildman–Crippen LogP) is 3.51. The molecular formula is C7H10INS2. The van der Waals surface area contributed by atoms with Crippen LogP contribution in [0.3, 0.4) is 0 Å². The highest BCUT2D eigenvalue weighted by atomic mass is 127. The molecule has 1 nitrogen and oxygen atoms in total. The lowest BCUT2D eigenvalue weighted by Gasteiger charge is -2.02. The van der Waals surface area contributed by atoms with E-state index in [0.717, 1.165) is 5.25 Å². The first-order valence-corrected chi connectivity index (χ1v) is 6.45. The Morgan fingerprint density at radius 3 is 3.00 bits per heavy atom. The average Bonchev–Trinajstić information content (AvgIpc) is 2.39. The maximum absolute atomic E-state index is 4.18. The normalized spacial score (nSPS) is 25.5. The fourth-order valence-electron chi connectivity index (χ4n) is 0.900. The molecule has 0 saturated carbocycles. The molecule has 1 unspecified atom stereocenters. The Balaban J connectivity index is 2.61. The summed E-state index contributed by atoms with van der Waals surface area (Å²) >= 11 is 5.71. The van der Waals surface area contributed by atoms with Crippen molar-refractivity contribution < 1.29 is 0 Å². The van der Waals surface area contributed by atoms with Crippen molar-refractivity contribution in [3.63, 3.8) is 0 Å². The largest absolute Gasteiger partial charge is 0.207 e. The fraction of sp³-hybridized carbons (Fsp3) is 0.571. The SMILES string of the molecule is CS/C(=N\I)C1=CCC(C)S1. The molecule has 0 fully saturated rings. The number of allylic oxidation sites excluding steroid dienone is 1. The van der Waals surface area contributed by atoms with Gasteiger partial charge in [-0.3, -0.25) is 0 Å². The van der Waals surface area contributed by atoms with Gasteiger partial charge in [0.15, 0.2) is 0 Å². The molecule has 1 atom stereocenters. The van der Waals surface area contributed by atoms with E-state index in [1.54, 1.807) is 11.8 Å². The van der Waals surface area contributed by atoms with E-state index in [1.165, 1.54) is 16.4 Å². The summed E-state index contributed by atoms with van der Waals surface area (Å²) in [5.74, 6) is 0. The minimum atomic E-state index is 0.741. The molecule has 0 aromatic rings. The molecule has 0 saturated heterocycles. The Morgan fingerprint density at radius 2 is 2.64 bits per heavy atom. The van der Waals surface area contributed by atoms with E-state index in [4.69, 9.17) is 0 Å². The molecule has 0 radical (unpaired) electrons. The Morgan fingerprint density at radius 1 is 1.91 bits per heavy atom. The van der Waals surface area contributed by atoms with E-state index in [2.05, 4.69) is 45.3 Å². The van der Waals surface area contributed by atoms with Crippen molar-refractivity contribution in [2.45, 2.75) is 18.6 Å². The number of thioether (sulfide) groups is 2. The van der Waals surface area contributed by atoms with Crippen molar-refractivity contribution in [2.75, 3.05) is 6.26 Å². The third kappa shape index (κ3) is 2.66. The average molecular weight is 299 g/mol. The fourth-order valence-corrected chi connectivity index (χ4v) is 3.63. The molecule has 0 aromatic heterocycles. The Bertz CT molecular complexity index is 201. The quantitative estimate of drug-likeness (QED) is 0.417. The van der Waals surface area contributed by atoms with Crippen LogP contribution in [0, 0.1) is 0 Å². The van der Waals surface area contributed by atoms with Gasteiger partial charge in [0, 0.05) is 10.2 Å². The van der Waals surface area contributed by atoms with Crippen molar-refractivity contribution >= 4 is 51.4 Å². The zero-order valence-corrected chi connectivity index (χ0v) is 10.3. The molecule has 0 N–H and O–H groups in total. The second kappa shape index (κ2) is 4.77. The van der Waals surface area contributed by atoms with Crippen molar-refractivity contribution in [3.8, 4) is 0 Å². The highest BCUT2D eigenvalue weighted by Crippen LogP contribution is 2.35. The number of hydrogen-bond acceptors (Lipinski definition) is 3.